The molecule has 0 heterocycles. The number of halogens is 10. The smallest absolute Gasteiger partial charge is 0.249 e. The van der Waals surface area contributed by atoms with Crippen LogP contribution in [-0.4, -0.2) is 23.6 Å². The third-order valence-corrected chi connectivity index (χ3v) is 6.61. The number of hydrogen-bond donors (Lipinski definition) is 0. The van der Waals surface area contributed by atoms with Gasteiger partial charge in [-0.3, -0.25) is 0 Å². The summed E-state index contributed by atoms with van der Waals surface area (Å²) in [5.74, 6) is -10.8. The van der Waals surface area contributed by atoms with E-state index in [0.717, 1.165) is 0 Å². The van der Waals surface area contributed by atoms with Crippen molar-refractivity contribution in [3.05, 3.63) is 41.0 Å². The van der Waals surface area contributed by atoms with Gasteiger partial charge in [-0.2, -0.15) is 26.3 Å². The van der Waals surface area contributed by atoms with E-state index >= 15 is 0 Å². The predicted octanol–water partition coefficient (Wildman–Crippen LogP) is 4.09. The van der Waals surface area contributed by atoms with Crippen LogP contribution >= 0.6 is 0 Å². The zero-order valence-electron chi connectivity index (χ0n) is 11.7. The molecule has 0 N–H and O–H groups in total. The van der Waals surface area contributed by atoms with E-state index in [1.807, 2.05) is 0 Å². The van der Waals surface area contributed by atoms with E-state index in [1.54, 1.807) is 0 Å². The second-order valence-electron chi connectivity index (χ2n) is 4.35. The zero-order chi connectivity index (χ0) is 20.8. The lowest BCUT2D eigenvalue weighted by Gasteiger charge is -2.22. The van der Waals surface area contributed by atoms with Gasteiger partial charge in [0.2, 0.25) is 0 Å². The van der Waals surface area contributed by atoms with Crippen molar-refractivity contribution in [2.75, 3.05) is 0 Å². The molecule has 0 bridgehead atoms. The van der Waals surface area contributed by atoms with Crippen LogP contribution in [0.3, 0.4) is 0 Å². The molecular formula is C11H4F10O3S2. The van der Waals surface area contributed by atoms with Gasteiger partial charge in [0, 0.05) is 0 Å². The maximum atomic E-state index is 13.8. The van der Waals surface area contributed by atoms with Crippen LogP contribution in [0.25, 0.3) is 6.08 Å². The van der Waals surface area contributed by atoms with Crippen molar-refractivity contribution >= 4 is 26.7 Å². The zero-order valence-corrected chi connectivity index (χ0v) is 13.3. The standard InChI is InChI=1S/C11H4F10O3S2/c1-2-3-5(12)7(14)4(8(15)6(3)13)9(25(22)10(16,17)18)26(23,24)11(19,20)21/h2,9H,1H2. The Morgan fingerprint density at radius 3 is 1.54 bits per heavy atom. The second kappa shape index (κ2) is 6.83. The molecule has 0 aliphatic heterocycles. The number of alkyl halides is 6. The summed E-state index contributed by atoms with van der Waals surface area (Å²) in [4.78, 5) is 0. The Morgan fingerprint density at radius 2 is 1.27 bits per heavy atom. The summed E-state index contributed by atoms with van der Waals surface area (Å²) in [7, 11) is -12.4. The Bertz CT molecular complexity index is 841. The molecule has 15 heteroatoms. The quantitative estimate of drug-likeness (QED) is 0.526. The van der Waals surface area contributed by atoms with Crippen molar-refractivity contribution in [3.63, 3.8) is 0 Å². The van der Waals surface area contributed by atoms with Crippen molar-refractivity contribution in [1.29, 1.82) is 0 Å². The molecule has 0 aromatic heterocycles. The summed E-state index contributed by atoms with van der Waals surface area (Å²) >= 11 is 0. The first-order valence-corrected chi connectivity index (χ1v) is 8.51. The van der Waals surface area contributed by atoms with Gasteiger partial charge in [0.25, 0.3) is 9.84 Å². The highest BCUT2D eigenvalue weighted by Gasteiger charge is 2.60. The number of sulfone groups is 1. The van der Waals surface area contributed by atoms with E-state index < -0.39 is 70.6 Å². The molecule has 3 nitrogen and oxygen atoms in total. The van der Waals surface area contributed by atoms with Gasteiger partial charge >= 0.3 is 11.0 Å². The van der Waals surface area contributed by atoms with Gasteiger partial charge in [-0.1, -0.05) is 12.7 Å². The molecule has 0 aliphatic carbocycles. The largest absolute Gasteiger partial charge is 0.498 e. The molecule has 0 aliphatic rings. The van der Waals surface area contributed by atoms with Crippen LogP contribution in [0.1, 0.15) is 15.7 Å². The Kier molecular flexibility index (Phi) is 5.88. The monoisotopic (exact) mass is 438 g/mol. The molecule has 0 saturated heterocycles. The average molecular weight is 438 g/mol. The van der Waals surface area contributed by atoms with Crippen LogP contribution in [-0.2, 0) is 20.6 Å². The van der Waals surface area contributed by atoms with Gasteiger partial charge < -0.3 is 0 Å². The third-order valence-electron chi connectivity index (χ3n) is 2.80. The molecule has 2 unspecified atom stereocenters. The number of benzene rings is 1. The number of rotatable bonds is 4. The molecule has 0 spiro atoms. The number of hydrogen-bond acceptors (Lipinski definition) is 3. The lowest BCUT2D eigenvalue weighted by Crippen LogP contribution is -2.37. The van der Waals surface area contributed by atoms with Crippen LogP contribution in [0.4, 0.5) is 43.9 Å². The van der Waals surface area contributed by atoms with Crippen LogP contribution in [0.15, 0.2) is 6.58 Å². The van der Waals surface area contributed by atoms with Crippen molar-refractivity contribution in [1.82, 2.24) is 0 Å². The van der Waals surface area contributed by atoms with E-state index in [9.17, 15) is 56.5 Å². The fourth-order valence-electron chi connectivity index (χ4n) is 1.67. The van der Waals surface area contributed by atoms with Gasteiger partial charge in [-0.15, -0.1) is 0 Å². The summed E-state index contributed by atoms with van der Waals surface area (Å²) in [5.41, 5.74) is -17.3. The van der Waals surface area contributed by atoms with Crippen LogP contribution in [0, 0.1) is 23.3 Å². The van der Waals surface area contributed by atoms with Crippen molar-refractivity contribution in [3.8, 4) is 0 Å². The minimum absolute atomic E-state index is 0.134. The summed E-state index contributed by atoms with van der Waals surface area (Å²) in [5, 5.41) is 0. The molecule has 148 valence electrons. The molecule has 0 amide bonds. The van der Waals surface area contributed by atoms with E-state index in [0.29, 0.717) is 0 Å². The Hall–Kier alpha value is -1.64. The molecule has 1 aromatic rings. The van der Waals surface area contributed by atoms with Gasteiger partial charge in [0.15, 0.2) is 27.9 Å². The van der Waals surface area contributed by atoms with E-state index in [4.69, 9.17) is 0 Å². The highest BCUT2D eigenvalue weighted by atomic mass is 32.3. The summed E-state index contributed by atoms with van der Waals surface area (Å²) < 4.78 is 160. The minimum atomic E-state index is -7.23. The van der Waals surface area contributed by atoms with Gasteiger partial charge in [-0.05, 0) is 0 Å². The van der Waals surface area contributed by atoms with Crippen LogP contribution in [0.2, 0.25) is 0 Å². The van der Waals surface area contributed by atoms with Gasteiger partial charge in [-0.25, -0.2) is 30.2 Å². The maximum Gasteiger partial charge on any atom is 0.498 e. The molecule has 1 aromatic carbocycles. The Labute approximate surface area is 140 Å². The average Bonchev–Trinajstić information content (AvgIpc) is 2.47. The molecule has 1 rings (SSSR count). The second-order valence-corrected chi connectivity index (χ2v) is 8.21. The Balaban J connectivity index is 4.06. The summed E-state index contributed by atoms with van der Waals surface area (Å²) in [6, 6.07) is 0. The van der Waals surface area contributed by atoms with Crippen molar-refractivity contribution in [2.24, 2.45) is 0 Å². The first-order chi connectivity index (χ1) is 11.5. The molecule has 0 fully saturated rings. The van der Waals surface area contributed by atoms with Gasteiger partial charge in [0.05, 0.1) is 11.1 Å². The fourth-order valence-corrected chi connectivity index (χ4v) is 4.67. The lowest BCUT2D eigenvalue weighted by atomic mass is 10.1. The topological polar surface area (TPSA) is 51.2 Å². The highest BCUT2D eigenvalue weighted by Crippen LogP contribution is 2.45. The molecule has 2 atom stereocenters. The van der Waals surface area contributed by atoms with Crippen LogP contribution < -0.4 is 0 Å². The first kappa shape index (κ1) is 22.4. The highest BCUT2D eigenvalue weighted by molar-refractivity contribution is 8.06. The summed E-state index contributed by atoms with van der Waals surface area (Å²) in [6.07, 6.45) is 0.134. The van der Waals surface area contributed by atoms with Crippen LogP contribution in [0.5, 0.6) is 0 Å². The normalized spacial score (nSPS) is 15.6. The summed E-state index contributed by atoms with van der Waals surface area (Å²) in [6.45, 7) is 2.72. The van der Waals surface area contributed by atoms with Crippen molar-refractivity contribution in [2.45, 2.75) is 15.6 Å². The van der Waals surface area contributed by atoms with Gasteiger partial charge in [0.1, 0.15) is 10.8 Å². The maximum absolute atomic E-state index is 13.8. The first-order valence-electron chi connectivity index (χ1n) is 5.76. The molecule has 0 radical (unpaired) electrons. The molecule has 0 saturated carbocycles. The lowest BCUT2D eigenvalue weighted by molar-refractivity contribution is -0.0452. The fraction of sp³-hybridized carbons (Fsp3) is 0.273. The predicted molar refractivity (Wildman–Crippen MR) is 68.3 cm³/mol. The van der Waals surface area contributed by atoms with E-state index in [2.05, 4.69) is 6.58 Å². The minimum Gasteiger partial charge on any atom is -0.249 e. The van der Waals surface area contributed by atoms with E-state index in [1.165, 1.54) is 0 Å². The van der Waals surface area contributed by atoms with Crippen molar-refractivity contribution < 1.29 is 56.5 Å². The molecule has 26 heavy (non-hydrogen) atoms. The third kappa shape index (κ3) is 3.58. The Morgan fingerprint density at radius 1 is 0.885 bits per heavy atom. The SMILES string of the molecule is C=Cc1c(F)c(F)c(C(S(=O)C(F)(F)F)S(=O)(=O)C(F)(F)F)c(F)c1F. The molecular weight excluding hydrogens is 434 g/mol. The van der Waals surface area contributed by atoms with E-state index in [-0.39, 0.29) is 6.08 Å².